The van der Waals surface area contributed by atoms with Gasteiger partial charge in [-0.25, -0.2) is 0 Å². The van der Waals surface area contributed by atoms with Crippen LogP contribution in [0.4, 0.5) is 34.1 Å². The molecule has 0 fully saturated rings. The molecule has 0 saturated carbocycles. The summed E-state index contributed by atoms with van der Waals surface area (Å²) in [6.07, 6.45) is -0.0194. The minimum Gasteiger partial charge on any atom is -0.494 e. The normalized spacial score (nSPS) is 10.6. The Kier molecular flexibility index (Phi) is 11.4. The highest BCUT2D eigenvalue weighted by molar-refractivity contribution is 9.10. The molecule has 214 valence electrons. The molecule has 0 spiro atoms. The first-order valence-electron chi connectivity index (χ1n) is 11.4. The van der Waals surface area contributed by atoms with Crippen molar-refractivity contribution in [3.63, 3.8) is 0 Å². The van der Waals surface area contributed by atoms with Crippen LogP contribution >= 0.6 is 15.9 Å². The van der Waals surface area contributed by atoms with Gasteiger partial charge in [0.05, 0.1) is 58.9 Å². The predicted molar refractivity (Wildman–Crippen MR) is 144 cm³/mol. The van der Waals surface area contributed by atoms with E-state index in [2.05, 4.69) is 31.5 Å². The number of ether oxygens (including phenoxy) is 3. The summed E-state index contributed by atoms with van der Waals surface area (Å²) in [5.74, 6) is -1.25. The molecule has 0 radical (unpaired) electrons. The van der Waals surface area contributed by atoms with Crippen LogP contribution < -0.4 is 15.0 Å². The van der Waals surface area contributed by atoms with E-state index in [4.69, 9.17) is 14.2 Å². The third-order valence-electron chi connectivity index (χ3n) is 5.12. The molecule has 0 unspecified atom stereocenters. The number of halogens is 1. The number of azo groups is 1. The van der Waals surface area contributed by atoms with Crippen LogP contribution in [0.1, 0.15) is 20.3 Å². The van der Waals surface area contributed by atoms with Crippen molar-refractivity contribution in [1.29, 1.82) is 0 Å². The molecular weight excluding hydrogens is 600 g/mol. The molecule has 0 atom stereocenters. The molecule has 2 aromatic rings. The van der Waals surface area contributed by atoms with Crippen molar-refractivity contribution in [3.8, 4) is 5.75 Å². The Morgan fingerprint density at radius 2 is 1.73 bits per heavy atom. The van der Waals surface area contributed by atoms with Gasteiger partial charge in [0.25, 0.3) is 5.69 Å². The molecular formula is C23H25BrN6O10. The summed E-state index contributed by atoms with van der Waals surface area (Å²) in [5.41, 5.74) is -0.943. The van der Waals surface area contributed by atoms with Gasteiger partial charge in [0.2, 0.25) is 5.91 Å². The van der Waals surface area contributed by atoms with E-state index in [1.165, 1.54) is 40.2 Å². The van der Waals surface area contributed by atoms with Gasteiger partial charge in [0.1, 0.15) is 18.0 Å². The van der Waals surface area contributed by atoms with Gasteiger partial charge in [0.15, 0.2) is 5.69 Å². The number of rotatable bonds is 13. The number of carbonyl (C=O) groups is 3. The maximum atomic E-state index is 12.0. The van der Waals surface area contributed by atoms with Crippen molar-refractivity contribution in [1.82, 2.24) is 0 Å². The number of methoxy groups -OCH3 is 2. The average Bonchev–Trinajstić information content (AvgIpc) is 2.88. The smallest absolute Gasteiger partial charge is 0.307 e. The number of nitrogens with one attached hydrogen (secondary N) is 1. The van der Waals surface area contributed by atoms with E-state index < -0.39 is 39.1 Å². The first-order valence-corrected chi connectivity index (χ1v) is 12.2. The number of carbonyl (C=O) groups excluding carboxylic acids is 3. The van der Waals surface area contributed by atoms with Crippen LogP contribution in [0.2, 0.25) is 0 Å². The lowest BCUT2D eigenvalue weighted by molar-refractivity contribution is -0.393. The number of amides is 1. The van der Waals surface area contributed by atoms with Crippen LogP contribution in [-0.4, -0.2) is 61.6 Å². The average molecular weight is 625 g/mol. The molecule has 40 heavy (non-hydrogen) atoms. The molecule has 0 aliphatic rings. The van der Waals surface area contributed by atoms with Gasteiger partial charge in [0, 0.05) is 32.5 Å². The Balaban J connectivity index is 2.63. The molecule has 1 amide bonds. The molecule has 0 heterocycles. The molecule has 0 aromatic heterocycles. The SMILES string of the molecule is COC(=O)CCN(CCOC(C)=O)c1cc(NC(C)=O)c(N=Nc2c(Br)cc([N+](=O)[O-])cc2[N+](=O)[O-])cc1OC. The van der Waals surface area contributed by atoms with Gasteiger partial charge < -0.3 is 24.4 Å². The number of non-ortho nitro benzene ring substituents is 1. The maximum Gasteiger partial charge on any atom is 0.307 e. The topological polar surface area (TPSA) is 205 Å². The summed E-state index contributed by atoms with van der Waals surface area (Å²) in [6, 6.07) is 4.67. The standard InChI is InChI=1S/C23H25BrN6O10/c1-13(31)25-17-11-19(28(6-5-22(33)39-4)7-8-40-14(2)32)21(38-3)12-18(17)26-27-23-16(24)9-15(29(34)35)10-20(23)30(36)37/h9-12H,5-8H2,1-4H3,(H,25,31). The van der Waals surface area contributed by atoms with E-state index in [1.54, 1.807) is 4.90 Å². The zero-order valence-corrected chi connectivity index (χ0v) is 23.4. The van der Waals surface area contributed by atoms with E-state index in [0.717, 1.165) is 12.1 Å². The number of hydrogen-bond donors (Lipinski definition) is 1. The number of nitro benzene ring substituents is 2. The molecule has 0 bridgehead atoms. The lowest BCUT2D eigenvalue weighted by Gasteiger charge is -2.27. The number of anilines is 2. The lowest BCUT2D eigenvalue weighted by Crippen LogP contribution is -2.31. The summed E-state index contributed by atoms with van der Waals surface area (Å²) in [7, 11) is 2.61. The van der Waals surface area contributed by atoms with Crippen molar-refractivity contribution in [2.75, 3.05) is 44.1 Å². The first-order chi connectivity index (χ1) is 18.9. The summed E-state index contributed by atoms with van der Waals surface area (Å²) in [6.45, 7) is 2.76. The number of esters is 2. The summed E-state index contributed by atoms with van der Waals surface area (Å²) >= 11 is 3.06. The molecule has 2 rings (SSSR count). The van der Waals surface area contributed by atoms with Gasteiger partial charge in [-0.1, -0.05) is 0 Å². The minimum absolute atomic E-state index is 0.0194. The molecule has 0 saturated heterocycles. The maximum absolute atomic E-state index is 12.0. The van der Waals surface area contributed by atoms with Gasteiger partial charge in [-0.2, -0.15) is 0 Å². The lowest BCUT2D eigenvalue weighted by atomic mass is 10.2. The van der Waals surface area contributed by atoms with E-state index >= 15 is 0 Å². The van der Waals surface area contributed by atoms with Crippen molar-refractivity contribution >= 4 is 67.9 Å². The Labute approximate surface area is 235 Å². The summed E-state index contributed by atoms with van der Waals surface area (Å²) < 4.78 is 15.2. The first kappa shape index (κ1) is 31.5. The Morgan fingerprint density at radius 3 is 2.27 bits per heavy atom. The molecule has 17 heteroatoms. The predicted octanol–water partition coefficient (Wildman–Crippen LogP) is 4.58. The van der Waals surface area contributed by atoms with Crippen LogP contribution in [0.15, 0.2) is 39.0 Å². The van der Waals surface area contributed by atoms with Crippen LogP contribution in [0, 0.1) is 20.2 Å². The van der Waals surface area contributed by atoms with Crippen molar-refractivity contribution < 1.29 is 38.4 Å². The van der Waals surface area contributed by atoms with Gasteiger partial charge >= 0.3 is 17.6 Å². The third kappa shape index (κ3) is 8.69. The molecule has 0 aliphatic heterocycles. The Bertz CT molecular complexity index is 1350. The fourth-order valence-corrected chi connectivity index (χ4v) is 3.86. The third-order valence-corrected chi connectivity index (χ3v) is 5.73. The van der Waals surface area contributed by atoms with Crippen molar-refractivity contribution in [2.45, 2.75) is 20.3 Å². The zero-order chi connectivity index (χ0) is 30.0. The number of hydrogen-bond acceptors (Lipinski definition) is 13. The summed E-state index contributed by atoms with van der Waals surface area (Å²) in [4.78, 5) is 57.8. The Hall–Kier alpha value is -4.67. The second kappa shape index (κ2) is 14.5. The molecule has 0 aliphatic carbocycles. The van der Waals surface area contributed by atoms with E-state index in [-0.39, 0.29) is 53.4 Å². The quantitative estimate of drug-likeness (QED) is 0.141. The van der Waals surface area contributed by atoms with Gasteiger partial charge in [-0.3, -0.25) is 34.6 Å². The number of benzene rings is 2. The van der Waals surface area contributed by atoms with Gasteiger partial charge in [-0.05, 0) is 22.0 Å². The highest BCUT2D eigenvalue weighted by Gasteiger charge is 2.24. The highest BCUT2D eigenvalue weighted by Crippen LogP contribution is 2.43. The minimum atomic E-state index is -0.840. The van der Waals surface area contributed by atoms with Crippen LogP contribution in [0.3, 0.4) is 0 Å². The van der Waals surface area contributed by atoms with Gasteiger partial charge in [-0.15, -0.1) is 10.2 Å². The van der Waals surface area contributed by atoms with Crippen LogP contribution in [-0.2, 0) is 23.9 Å². The van der Waals surface area contributed by atoms with Crippen molar-refractivity contribution in [3.05, 3.63) is 49.0 Å². The molecule has 16 nitrogen and oxygen atoms in total. The molecule has 2 aromatic carbocycles. The number of nitro groups is 2. The fourth-order valence-electron chi connectivity index (χ4n) is 3.34. The zero-order valence-electron chi connectivity index (χ0n) is 21.8. The summed E-state index contributed by atoms with van der Waals surface area (Å²) in [5, 5.41) is 33.3. The second-order valence-electron chi connectivity index (χ2n) is 7.89. The largest absolute Gasteiger partial charge is 0.494 e. The second-order valence-corrected chi connectivity index (χ2v) is 8.74. The van der Waals surface area contributed by atoms with E-state index in [9.17, 15) is 34.6 Å². The van der Waals surface area contributed by atoms with E-state index in [1.807, 2.05) is 0 Å². The fraction of sp³-hybridized carbons (Fsp3) is 0.348. The highest BCUT2D eigenvalue weighted by atomic mass is 79.9. The molecule has 1 N–H and O–H groups in total. The monoisotopic (exact) mass is 624 g/mol. The number of nitrogens with zero attached hydrogens (tertiary/aromatic N) is 5. The van der Waals surface area contributed by atoms with Crippen LogP contribution in [0.25, 0.3) is 0 Å². The Morgan fingerprint density at radius 1 is 1.02 bits per heavy atom. The van der Waals surface area contributed by atoms with E-state index in [0.29, 0.717) is 5.69 Å². The van der Waals surface area contributed by atoms with Crippen LogP contribution in [0.5, 0.6) is 5.75 Å². The van der Waals surface area contributed by atoms with Crippen molar-refractivity contribution in [2.24, 2.45) is 10.2 Å².